The molecule has 0 heterocycles. The molecule has 22 heavy (non-hydrogen) atoms. The molecule has 0 aliphatic carbocycles. The molecule has 1 aromatic rings. The summed E-state index contributed by atoms with van der Waals surface area (Å²) in [4.78, 5) is 11.4. The third kappa shape index (κ3) is 7.85. The molecular formula is C16H24Cl2FNO2. The van der Waals surface area contributed by atoms with Crippen molar-refractivity contribution in [1.29, 1.82) is 0 Å². The first-order valence-electron chi connectivity index (χ1n) is 7.45. The number of unbranched alkanes of at least 4 members (excludes halogenated alkanes) is 5. The Morgan fingerprint density at radius 2 is 1.91 bits per heavy atom. The van der Waals surface area contributed by atoms with Gasteiger partial charge >= 0.3 is 0 Å². The number of carbonyl (C=O) groups is 1. The average molecular weight is 352 g/mol. The Hall–Kier alpha value is -1.00. The maximum Gasteiger partial charge on any atom is 0.258 e. The fraction of sp³-hybridized carbons (Fsp3) is 0.562. The van der Waals surface area contributed by atoms with Gasteiger partial charge in [-0.25, -0.2) is 4.39 Å². The average Bonchev–Trinajstić information content (AvgIpc) is 2.45. The molecule has 1 rings (SSSR count). The zero-order valence-corrected chi connectivity index (χ0v) is 14.4. The molecule has 0 aliphatic heterocycles. The van der Waals surface area contributed by atoms with E-state index in [1.807, 2.05) is 0 Å². The summed E-state index contributed by atoms with van der Waals surface area (Å²) in [6, 6.07) is 4.09. The lowest BCUT2D eigenvalue weighted by Gasteiger charge is -2.16. The third-order valence-electron chi connectivity index (χ3n) is 3.31. The van der Waals surface area contributed by atoms with Crippen LogP contribution in [0.5, 0.6) is 5.75 Å². The number of ether oxygens (including phenoxy) is 1. The van der Waals surface area contributed by atoms with Crippen molar-refractivity contribution in [3.05, 3.63) is 29.0 Å². The van der Waals surface area contributed by atoms with E-state index >= 15 is 0 Å². The molecule has 1 aromatic carbocycles. The number of amides is 1. The van der Waals surface area contributed by atoms with E-state index in [9.17, 15) is 9.18 Å². The number of benzene rings is 1. The number of hydrogen-bond acceptors (Lipinski definition) is 2. The Morgan fingerprint density at radius 1 is 1.27 bits per heavy atom. The van der Waals surface area contributed by atoms with Crippen LogP contribution < -0.4 is 10.5 Å². The number of rotatable bonds is 10. The Kier molecular flexibility index (Phi) is 11.0. The van der Waals surface area contributed by atoms with Crippen molar-refractivity contribution in [2.75, 3.05) is 0 Å². The molecule has 1 amide bonds. The van der Waals surface area contributed by atoms with Crippen molar-refractivity contribution in [3.63, 3.8) is 0 Å². The highest BCUT2D eigenvalue weighted by Gasteiger charge is 2.17. The molecule has 3 nitrogen and oxygen atoms in total. The summed E-state index contributed by atoms with van der Waals surface area (Å²) in [7, 11) is 0. The zero-order valence-electron chi connectivity index (χ0n) is 12.8. The molecule has 0 saturated heterocycles. The molecule has 0 bridgehead atoms. The Labute approximate surface area is 142 Å². The van der Waals surface area contributed by atoms with Crippen LogP contribution >= 0.6 is 24.0 Å². The van der Waals surface area contributed by atoms with Gasteiger partial charge in [0.1, 0.15) is 11.6 Å². The first-order valence-corrected chi connectivity index (χ1v) is 7.83. The Balaban J connectivity index is 0.00000441. The van der Waals surface area contributed by atoms with Gasteiger partial charge in [0.25, 0.3) is 5.91 Å². The topological polar surface area (TPSA) is 52.3 Å². The smallest absolute Gasteiger partial charge is 0.258 e. The Morgan fingerprint density at radius 3 is 2.50 bits per heavy atom. The molecule has 6 heteroatoms. The van der Waals surface area contributed by atoms with Crippen molar-refractivity contribution in [1.82, 2.24) is 0 Å². The minimum atomic E-state index is -0.725. The van der Waals surface area contributed by atoms with E-state index in [1.54, 1.807) is 0 Å². The van der Waals surface area contributed by atoms with Crippen molar-refractivity contribution in [2.24, 2.45) is 5.73 Å². The van der Waals surface area contributed by atoms with Gasteiger partial charge in [-0.3, -0.25) is 4.79 Å². The highest BCUT2D eigenvalue weighted by molar-refractivity contribution is 6.30. The van der Waals surface area contributed by atoms with Gasteiger partial charge in [0, 0.05) is 6.07 Å². The van der Waals surface area contributed by atoms with Gasteiger partial charge in [0.05, 0.1) is 5.02 Å². The van der Waals surface area contributed by atoms with Crippen LogP contribution in [0.2, 0.25) is 5.02 Å². The van der Waals surface area contributed by atoms with Gasteiger partial charge in [-0.2, -0.15) is 0 Å². The van der Waals surface area contributed by atoms with Crippen molar-refractivity contribution in [2.45, 2.75) is 58.0 Å². The van der Waals surface area contributed by atoms with Crippen molar-refractivity contribution >= 4 is 29.9 Å². The summed E-state index contributed by atoms with van der Waals surface area (Å²) >= 11 is 5.60. The fourth-order valence-electron chi connectivity index (χ4n) is 2.08. The van der Waals surface area contributed by atoms with Crippen LogP contribution in [0.4, 0.5) is 4.39 Å². The van der Waals surface area contributed by atoms with Gasteiger partial charge in [-0.05, 0) is 25.0 Å². The fourth-order valence-corrected chi connectivity index (χ4v) is 2.20. The summed E-state index contributed by atoms with van der Waals surface area (Å²) in [5.41, 5.74) is 5.33. The largest absolute Gasteiger partial charge is 0.481 e. The lowest BCUT2D eigenvalue weighted by molar-refractivity contribution is -0.125. The molecule has 0 fully saturated rings. The van der Waals surface area contributed by atoms with Gasteiger partial charge < -0.3 is 10.5 Å². The van der Waals surface area contributed by atoms with Crippen LogP contribution in [0.3, 0.4) is 0 Å². The highest BCUT2D eigenvalue weighted by Crippen LogP contribution is 2.22. The van der Waals surface area contributed by atoms with Gasteiger partial charge in [-0.15, -0.1) is 12.4 Å². The van der Waals surface area contributed by atoms with E-state index in [4.69, 9.17) is 22.1 Å². The standard InChI is InChI=1S/C16H23ClFNO2.ClH/c1-2-3-4-5-6-7-8-15(16(19)20)21-12-9-10-13(17)14(18)11-12;/h9-11,15H,2-8H2,1H3,(H2,19,20);1H. The lowest BCUT2D eigenvalue weighted by Crippen LogP contribution is -2.33. The van der Waals surface area contributed by atoms with Gasteiger partial charge in [0.2, 0.25) is 0 Å². The molecule has 1 unspecified atom stereocenters. The zero-order chi connectivity index (χ0) is 15.7. The van der Waals surface area contributed by atoms with Crippen LogP contribution in [0, 0.1) is 5.82 Å². The normalized spacial score (nSPS) is 11.6. The molecule has 0 radical (unpaired) electrons. The molecule has 126 valence electrons. The molecule has 1 atom stereocenters. The van der Waals surface area contributed by atoms with E-state index in [-0.39, 0.29) is 23.2 Å². The predicted octanol–water partition coefficient (Wildman–Crippen LogP) is 4.88. The predicted molar refractivity (Wildman–Crippen MR) is 90.3 cm³/mol. The van der Waals surface area contributed by atoms with Crippen LogP contribution in [-0.2, 0) is 4.79 Å². The summed E-state index contributed by atoms with van der Waals surface area (Å²) in [6.45, 7) is 2.17. The van der Waals surface area contributed by atoms with Crippen molar-refractivity contribution < 1.29 is 13.9 Å². The molecular weight excluding hydrogens is 328 g/mol. The maximum absolute atomic E-state index is 13.3. The summed E-state index contributed by atoms with van der Waals surface area (Å²) in [5, 5.41) is 0.0221. The molecule has 2 N–H and O–H groups in total. The third-order valence-corrected chi connectivity index (χ3v) is 3.61. The monoisotopic (exact) mass is 351 g/mol. The quantitative estimate of drug-likeness (QED) is 0.610. The van der Waals surface area contributed by atoms with Crippen LogP contribution in [0.1, 0.15) is 51.9 Å². The minimum absolute atomic E-state index is 0. The van der Waals surface area contributed by atoms with Crippen LogP contribution in [-0.4, -0.2) is 12.0 Å². The first kappa shape index (κ1) is 21.0. The number of primary amides is 1. The van der Waals surface area contributed by atoms with E-state index < -0.39 is 17.8 Å². The van der Waals surface area contributed by atoms with Crippen LogP contribution in [0.15, 0.2) is 18.2 Å². The SMILES string of the molecule is CCCCCCCCC(Oc1ccc(Cl)c(F)c1)C(N)=O.Cl. The van der Waals surface area contributed by atoms with Gasteiger partial charge in [0.15, 0.2) is 6.10 Å². The molecule has 0 saturated carbocycles. The van der Waals surface area contributed by atoms with Gasteiger partial charge in [-0.1, -0.05) is 50.6 Å². The number of hydrogen-bond donors (Lipinski definition) is 1. The van der Waals surface area contributed by atoms with E-state index in [0.29, 0.717) is 6.42 Å². The summed E-state index contributed by atoms with van der Waals surface area (Å²) < 4.78 is 18.8. The summed E-state index contributed by atoms with van der Waals surface area (Å²) in [5.74, 6) is -0.831. The second kappa shape index (κ2) is 11.6. The number of carbonyl (C=O) groups excluding carboxylic acids is 1. The number of halogens is 3. The lowest BCUT2D eigenvalue weighted by atomic mass is 10.1. The maximum atomic E-state index is 13.3. The van der Waals surface area contributed by atoms with E-state index in [1.165, 1.54) is 37.5 Å². The van der Waals surface area contributed by atoms with E-state index in [0.717, 1.165) is 19.3 Å². The van der Waals surface area contributed by atoms with Crippen molar-refractivity contribution in [3.8, 4) is 5.75 Å². The highest BCUT2D eigenvalue weighted by atomic mass is 35.5. The van der Waals surface area contributed by atoms with E-state index in [2.05, 4.69) is 6.92 Å². The van der Waals surface area contributed by atoms with Crippen LogP contribution in [0.25, 0.3) is 0 Å². The minimum Gasteiger partial charge on any atom is -0.481 e. The Bertz CT molecular complexity index is 458. The molecule has 0 spiro atoms. The molecule has 0 aromatic heterocycles. The second-order valence-corrected chi connectivity index (χ2v) is 5.55. The molecule has 0 aliphatic rings. The second-order valence-electron chi connectivity index (χ2n) is 5.14. The summed E-state index contributed by atoms with van der Waals surface area (Å²) in [6.07, 6.45) is 6.53. The first-order chi connectivity index (χ1) is 10.0. The number of nitrogens with two attached hydrogens (primary N) is 1.